The highest BCUT2D eigenvalue weighted by Crippen LogP contribution is 2.24. The van der Waals surface area contributed by atoms with Crippen molar-refractivity contribution in [3.8, 4) is 0 Å². The van der Waals surface area contributed by atoms with Crippen LogP contribution in [0.2, 0.25) is 0 Å². The maximum Gasteiger partial charge on any atom is 0.227 e. The van der Waals surface area contributed by atoms with Crippen molar-refractivity contribution < 1.29 is 18.0 Å². The zero-order valence-electron chi connectivity index (χ0n) is 13.0. The Morgan fingerprint density at radius 1 is 0.875 bits per heavy atom. The van der Waals surface area contributed by atoms with Gasteiger partial charge in [0.1, 0.15) is 0 Å². The molecule has 0 bridgehead atoms. The number of nitrogens with zero attached hydrogens (tertiary/aromatic N) is 2. The van der Waals surface area contributed by atoms with Gasteiger partial charge in [0.05, 0.1) is 12.1 Å². The maximum absolute atomic E-state index is 13.9. The molecule has 0 aliphatic carbocycles. The van der Waals surface area contributed by atoms with E-state index in [1.54, 1.807) is 9.80 Å². The summed E-state index contributed by atoms with van der Waals surface area (Å²) >= 11 is 0. The first-order chi connectivity index (χ1) is 11.6. The van der Waals surface area contributed by atoms with Crippen molar-refractivity contribution in [3.63, 3.8) is 0 Å². The average Bonchev–Trinajstić information content (AvgIpc) is 2.61. The Morgan fingerprint density at radius 3 is 2.21 bits per heavy atom. The highest BCUT2D eigenvalue weighted by Gasteiger charge is 2.24. The summed E-state index contributed by atoms with van der Waals surface area (Å²) in [7, 11) is 0. The van der Waals surface area contributed by atoms with Gasteiger partial charge in [0.15, 0.2) is 17.5 Å². The summed E-state index contributed by atoms with van der Waals surface area (Å²) < 4.78 is 40.2. The summed E-state index contributed by atoms with van der Waals surface area (Å²) in [6.45, 7) is 1.60. The molecule has 1 aliphatic rings. The van der Waals surface area contributed by atoms with Crippen molar-refractivity contribution in [1.82, 2.24) is 4.90 Å². The van der Waals surface area contributed by atoms with Crippen LogP contribution >= 0.6 is 0 Å². The molecule has 6 heteroatoms. The molecule has 0 atom stereocenters. The second-order valence-electron chi connectivity index (χ2n) is 5.72. The number of anilines is 1. The summed E-state index contributed by atoms with van der Waals surface area (Å²) in [6, 6.07) is 11.6. The van der Waals surface area contributed by atoms with E-state index in [2.05, 4.69) is 0 Å². The second-order valence-corrected chi connectivity index (χ2v) is 5.72. The van der Waals surface area contributed by atoms with Crippen molar-refractivity contribution in [3.05, 3.63) is 65.5 Å². The van der Waals surface area contributed by atoms with E-state index >= 15 is 0 Å². The van der Waals surface area contributed by atoms with E-state index in [9.17, 15) is 18.0 Å². The number of halogens is 3. The number of hydrogen-bond acceptors (Lipinski definition) is 2. The lowest BCUT2D eigenvalue weighted by atomic mass is 10.1. The molecule has 24 heavy (non-hydrogen) atoms. The summed E-state index contributed by atoms with van der Waals surface area (Å²) in [6.07, 6.45) is 0.320. The van der Waals surface area contributed by atoms with E-state index in [0.29, 0.717) is 32.6 Å². The molecule has 3 nitrogen and oxygen atoms in total. The molecular formula is C18H17F3N2O. The third kappa shape index (κ3) is 3.37. The van der Waals surface area contributed by atoms with Crippen LogP contribution in [0, 0.1) is 17.5 Å². The molecule has 1 aliphatic heterocycles. The lowest BCUT2D eigenvalue weighted by Crippen LogP contribution is -2.49. The monoisotopic (exact) mass is 334 g/mol. The number of rotatable bonds is 3. The molecule has 0 radical (unpaired) electrons. The van der Waals surface area contributed by atoms with Gasteiger partial charge in [0.25, 0.3) is 0 Å². The molecule has 2 aromatic rings. The van der Waals surface area contributed by atoms with Crippen LogP contribution in [-0.4, -0.2) is 37.0 Å². The fourth-order valence-electron chi connectivity index (χ4n) is 2.84. The standard InChI is InChI=1S/C18H17F3N2O/c19-14-6-7-15(18(21)17(14)20)22-8-10-23(11-9-22)16(24)12-13-4-2-1-3-5-13/h1-7H,8-12H2. The van der Waals surface area contributed by atoms with Gasteiger partial charge in [-0.3, -0.25) is 4.79 Å². The van der Waals surface area contributed by atoms with Crippen molar-refractivity contribution in [2.45, 2.75) is 6.42 Å². The van der Waals surface area contributed by atoms with E-state index < -0.39 is 17.5 Å². The first-order valence-electron chi connectivity index (χ1n) is 7.76. The highest BCUT2D eigenvalue weighted by molar-refractivity contribution is 5.79. The van der Waals surface area contributed by atoms with Crippen molar-refractivity contribution in [2.24, 2.45) is 0 Å². The smallest absolute Gasteiger partial charge is 0.227 e. The van der Waals surface area contributed by atoms with Gasteiger partial charge in [-0.05, 0) is 17.7 Å². The van der Waals surface area contributed by atoms with Gasteiger partial charge in [0.2, 0.25) is 5.91 Å². The quantitative estimate of drug-likeness (QED) is 0.806. The minimum Gasteiger partial charge on any atom is -0.366 e. The predicted molar refractivity (Wildman–Crippen MR) is 85.3 cm³/mol. The number of hydrogen-bond donors (Lipinski definition) is 0. The van der Waals surface area contributed by atoms with Crippen LogP contribution in [0.1, 0.15) is 5.56 Å². The Balaban J connectivity index is 1.62. The minimum absolute atomic E-state index is 0.00612. The average molecular weight is 334 g/mol. The van der Waals surface area contributed by atoms with Gasteiger partial charge in [-0.1, -0.05) is 30.3 Å². The van der Waals surface area contributed by atoms with Crippen molar-refractivity contribution in [2.75, 3.05) is 31.1 Å². The van der Waals surface area contributed by atoms with Crippen LogP contribution in [0.5, 0.6) is 0 Å². The van der Waals surface area contributed by atoms with E-state index in [1.807, 2.05) is 30.3 Å². The highest BCUT2D eigenvalue weighted by atomic mass is 19.2. The predicted octanol–water partition coefficient (Wildman–Crippen LogP) is 3.00. The topological polar surface area (TPSA) is 23.6 Å². The van der Waals surface area contributed by atoms with Gasteiger partial charge in [-0.15, -0.1) is 0 Å². The van der Waals surface area contributed by atoms with Crippen LogP contribution in [0.25, 0.3) is 0 Å². The third-order valence-electron chi connectivity index (χ3n) is 4.19. The summed E-state index contributed by atoms with van der Waals surface area (Å²) in [5.74, 6) is -3.84. The maximum atomic E-state index is 13.9. The van der Waals surface area contributed by atoms with Crippen LogP contribution in [0.15, 0.2) is 42.5 Å². The molecule has 0 spiro atoms. The second kappa shape index (κ2) is 6.95. The number of piperazine rings is 1. The molecule has 0 unspecified atom stereocenters. The molecule has 3 rings (SSSR count). The fraction of sp³-hybridized carbons (Fsp3) is 0.278. The fourth-order valence-corrected chi connectivity index (χ4v) is 2.84. The van der Waals surface area contributed by atoms with Crippen LogP contribution < -0.4 is 4.90 Å². The van der Waals surface area contributed by atoms with E-state index in [0.717, 1.165) is 11.6 Å². The van der Waals surface area contributed by atoms with Crippen LogP contribution in [0.3, 0.4) is 0 Å². The number of carbonyl (C=O) groups excluding carboxylic acids is 1. The van der Waals surface area contributed by atoms with Gasteiger partial charge in [-0.25, -0.2) is 13.2 Å². The molecule has 0 N–H and O–H groups in total. The largest absolute Gasteiger partial charge is 0.366 e. The van der Waals surface area contributed by atoms with Gasteiger partial charge in [-0.2, -0.15) is 0 Å². The van der Waals surface area contributed by atoms with Gasteiger partial charge < -0.3 is 9.80 Å². The van der Waals surface area contributed by atoms with E-state index in [1.165, 1.54) is 6.07 Å². The number of amides is 1. The summed E-state index contributed by atoms with van der Waals surface area (Å²) in [4.78, 5) is 15.6. The lowest BCUT2D eigenvalue weighted by Gasteiger charge is -2.36. The SMILES string of the molecule is O=C(Cc1ccccc1)N1CCN(c2ccc(F)c(F)c2F)CC1. The minimum atomic E-state index is -1.46. The Kier molecular flexibility index (Phi) is 4.74. The summed E-state index contributed by atoms with van der Waals surface area (Å²) in [5, 5.41) is 0. The number of carbonyl (C=O) groups is 1. The van der Waals surface area contributed by atoms with E-state index in [4.69, 9.17) is 0 Å². The summed E-state index contributed by atoms with van der Waals surface area (Å²) in [5.41, 5.74) is 0.973. The Labute approximate surface area is 138 Å². The molecule has 0 saturated carbocycles. The Bertz CT molecular complexity index is 729. The zero-order valence-corrected chi connectivity index (χ0v) is 13.0. The molecule has 2 aromatic carbocycles. The normalized spacial score (nSPS) is 14.8. The van der Waals surface area contributed by atoms with Crippen LogP contribution in [0.4, 0.5) is 18.9 Å². The first-order valence-corrected chi connectivity index (χ1v) is 7.76. The van der Waals surface area contributed by atoms with Crippen molar-refractivity contribution in [1.29, 1.82) is 0 Å². The van der Waals surface area contributed by atoms with Crippen LogP contribution in [-0.2, 0) is 11.2 Å². The molecule has 1 heterocycles. The molecule has 1 saturated heterocycles. The lowest BCUT2D eigenvalue weighted by molar-refractivity contribution is -0.130. The molecule has 126 valence electrons. The molecule has 1 amide bonds. The number of benzene rings is 2. The molecule has 0 aromatic heterocycles. The van der Waals surface area contributed by atoms with Gasteiger partial charge in [0, 0.05) is 26.2 Å². The Hall–Kier alpha value is -2.50. The zero-order chi connectivity index (χ0) is 17.1. The van der Waals surface area contributed by atoms with Gasteiger partial charge >= 0.3 is 0 Å². The first kappa shape index (κ1) is 16.4. The molecular weight excluding hydrogens is 317 g/mol. The third-order valence-corrected chi connectivity index (χ3v) is 4.19. The van der Waals surface area contributed by atoms with E-state index in [-0.39, 0.29) is 11.6 Å². The van der Waals surface area contributed by atoms with Crippen molar-refractivity contribution >= 4 is 11.6 Å². The molecule has 1 fully saturated rings. The Morgan fingerprint density at radius 2 is 1.54 bits per heavy atom.